The molecule has 0 saturated carbocycles. The van der Waals surface area contributed by atoms with E-state index in [-0.39, 0.29) is 17.5 Å². The van der Waals surface area contributed by atoms with Gasteiger partial charge in [0.1, 0.15) is 11.3 Å². The van der Waals surface area contributed by atoms with Crippen LogP contribution in [0.3, 0.4) is 0 Å². The lowest BCUT2D eigenvalue weighted by atomic mass is 10.1. The third-order valence-corrected chi connectivity index (χ3v) is 4.67. The summed E-state index contributed by atoms with van der Waals surface area (Å²) in [5.74, 6) is 0.430. The molecule has 1 unspecified atom stereocenters. The van der Waals surface area contributed by atoms with Crippen molar-refractivity contribution < 1.29 is 4.79 Å². The summed E-state index contributed by atoms with van der Waals surface area (Å²) < 4.78 is 1.98. The monoisotopic (exact) mass is 385 g/mol. The minimum atomic E-state index is -0.263. The van der Waals surface area contributed by atoms with Crippen LogP contribution in [-0.4, -0.2) is 30.9 Å². The molecule has 0 fully saturated rings. The third kappa shape index (κ3) is 4.48. The Bertz CT molecular complexity index is 910. The van der Waals surface area contributed by atoms with Gasteiger partial charge >= 0.3 is 0 Å². The highest BCUT2D eigenvalue weighted by molar-refractivity contribution is 7.13. The quantitative estimate of drug-likeness (QED) is 0.696. The minimum absolute atomic E-state index is 0.0367. The van der Waals surface area contributed by atoms with E-state index in [1.165, 1.54) is 17.5 Å². The van der Waals surface area contributed by atoms with Crippen molar-refractivity contribution in [2.75, 3.05) is 10.6 Å². The smallest absolute Gasteiger partial charge is 0.259 e. The molecule has 142 valence electrons. The van der Waals surface area contributed by atoms with E-state index >= 15 is 0 Å². The van der Waals surface area contributed by atoms with E-state index in [2.05, 4.69) is 64.8 Å². The lowest BCUT2D eigenvalue weighted by molar-refractivity contribution is 0.102. The van der Waals surface area contributed by atoms with Gasteiger partial charge in [0.25, 0.3) is 5.91 Å². The predicted octanol–water partition coefficient (Wildman–Crippen LogP) is 3.62. The Morgan fingerprint density at radius 2 is 2.07 bits per heavy atom. The summed E-state index contributed by atoms with van der Waals surface area (Å²) in [5.41, 5.74) is 4.05. The lowest BCUT2D eigenvalue weighted by Gasteiger charge is -2.19. The Kier molecular flexibility index (Phi) is 5.22. The Morgan fingerprint density at radius 1 is 1.30 bits per heavy atom. The van der Waals surface area contributed by atoms with E-state index in [1.54, 1.807) is 17.6 Å². The Balaban J connectivity index is 1.67. The fourth-order valence-electron chi connectivity index (χ4n) is 2.55. The SMILES string of the molecule is Cc1nn(C(C)(C)C)cc1C(C)Nc1ccc(C(=O)Nc2nncs2)cn1. The number of anilines is 2. The second-order valence-electron chi connectivity index (χ2n) is 7.28. The number of carbonyl (C=O) groups excluding carboxylic acids is 1. The van der Waals surface area contributed by atoms with Crippen LogP contribution < -0.4 is 10.6 Å². The van der Waals surface area contributed by atoms with Crippen molar-refractivity contribution in [2.45, 2.75) is 46.2 Å². The van der Waals surface area contributed by atoms with Crippen LogP contribution >= 0.6 is 11.3 Å². The van der Waals surface area contributed by atoms with E-state index in [0.717, 1.165) is 11.3 Å². The lowest BCUT2D eigenvalue weighted by Crippen LogP contribution is -2.22. The highest BCUT2D eigenvalue weighted by Crippen LogP contribution is 2.24. The summed E-state index contributed by atoms with van der Waals surface area (Å²) in [6, 6.07) is 3.55. The molecule has 3 aromatic rings. The van der Waals surface area contributed by atoms with Crippen molar-refractivity contribution in [3.8, 4) is 0 Å². The number of carbonyl (C=O) groups is 1. The van der Waals surface area contributed by atoms with Crippen LogP contribution in [0.25, 0.3) is 0 Å². The van der Waals surface area contributed by atoms with Gasteiger partial charge in [-0.15, -0.1) is 10.2 Å². The van der Waals surface area contributed by atoms with Gasteiger partial charge in [0, 0.05) is 18.0 Å². The number of nitrogens with zero attached hydrogens (tertiary/aromatic N) is 5. The van der Waals surface area contributed by atoms with E-state index in [9.17, 15) is 4.79 Å². The van der Waals surface area contributed by atoms with E-state index in [4.69, 9.17) is 0 Å². The minimum Gasteiger partial charge on any atom is -0.363 e. The van der Waals surface area contributed by atoms with Gasteiger partial charge in [-0.05, 0) is 46.8 Å². The summed E-state index contributed by atoms with van der Waals surface area (Å²) in [6.07, 6.45) is 3.60. The second kappa shape index (κ2) is 7.43. The van der Waals surface area contributed by atoms with Crippen molar-refractivity contribution in [3.05, 3.63) is 46.9 Å². The molecule has 27 heavy (non-hydrogen) atoms. The molecule has 0 radical (unpaired) electrons. The number of hydrogen-bond acceptors (Lipinski definition) is 7. The molecular weight excluding hydrogens is 362 g/mol. The molecule has 8 nitrogen and oxygen atoms in total. The normalized spacial score (nSPS) is 12.6. The first-order valence-electron chi connectivity index (χ1n) is 8.61. The Morgan fingerprint density at radius 3 is 2.63 bits per heavy atom. The van der Waals surface area contributed by atoms with Crippen LogP contribution in [0.15, 0.2) is 30.0 Å². The van der Waals surface area contributed by atoms with Crippen molar-refractivity contribution in [2.24, 2.45) is 0 Å². The first-order chi connectivity index (χ1) is 12.7. The maximum absolute atomic E-state index is 12.2. The summed E-state index contributed by atoms with van der Waals surface area (Å²) >= 11 is 1.27. The molecule has 0 aliphatic carbocycles. The number of hydrogen-bond donors (Lipinski definition) is 2. The molecule has 3 aromatic heterocycles. The summed E-state index contributed by atoms with van der Waals surface area (Å²) in [7, 11) is 0. The summed E-state index contributed by atoms with van der Waals surface area (Å²) in [5, 5.41) is 18.6. The number of pyridine rings is 1. The number of amides is 1. The second-order valence-corrected chi connectivity index (χ2v) is 8.11. The molecule has 0 aromatic carbocycles. The zero-order valence-corrected chi connectivity index (χ0v) is 16.8. The molecule has 0 aliphatic heterocycles. The van der Waals surface area contributed by atoms with E-state index in [1.807, 2.05) is 11.6 Å². The van der Waals surface area contributed by atoms with Crippen LogP contribution in [0.2, 0.25) is 0 Å². The molecule has 9 heteroatoms. The molecule has 3 rings (SSSR count). The van der Waals surface area contributed by atoms with Gasteiger partial charge in [-0.2, -0.15) is 5.10 Å². The number of rotatable bonds is 5. The van der Waals surface area contributed by atoms with Gasteiger partial charge in [-0.25, -0.2) is 4.98 Å². The van der Waals surface area contributed by atoms with Crippen molar-refractivity contribution in [3.63, 3.8) is 0 Å². The molecular formula is C18H23N7OS. The first-order valence-corrected chi connectivity index (χ1v) is 9.49. The maximum atomic E-state index is 12.2. The zero-order chi connectivity index (χ0) is 19.6. The molecule has 1 atom stereocenters. The van der Waals surface area contributed by atoms with Crippen molar-refractivity contribution in [1.29, 1.82) is 0 Å². The highest BCUT2D eigenvalue weighted by atomic mass is 32.1. The Hall–Kier alpha value is -2.81. The van der Waals surface area contributed by atoms with Crippen LogP contribution in [0.1, 0.15) is 55.4 Å². The Labute approximate surface area is 162 Å². The van der Waals surface area contributed by atoms with Gasteiger partial charge in [-0.1, -0.05) is 11.3 Å². The van der Waals surface area contributed by atoms with E-state index in [0.29, 0.717) is 16.5 Å². The topological polar surface area (TPSA) is 97.6 Å². The molecule has 0 aliphatic rings. The average Bonchev–Trinajstić information content (AvgIpc) is 3.24. The molecule has 0 bridgehead atoms. The van der Waals surface area contributed by atoms with Crippen LogP contribution in [0.5, 0.6) is 0 Å². The van der Waals surface area contributed by atoms with Gasteiger partial charge in [0.2, 0.25) is 5.13 Å². The zero-order valence-electron chi connectivity index (χ0n) is 16.0. The largest absolute Gasteiger partial charge is 0.363 e. The molecule has 3 heterocycles. The fourth-order valence-corrected chi connectivity index (χ4v) is 2.99. The average molecular weight is 385 g/mol. The molecule has 0 spiro atoms. The molecule has 2 N–H and O–H groups in total. The van der Waals surface area contributed by atoms with Crippen molar-refractivity contribution in [1.82, 2.24) is 25.0 Å². The predicted molar refractivity (Wildman–Crippen MR) is 106 cm³/mol. The first kappa shape index (κ1) is 19.0. The number of aryl methyl sites for hydroxylation is 1. The number of aromatic nitrogens is 5. The van der Waals surface area contributed by atoms with Gasteiger partial charge in [0.15, 0.2) is 0 Å². The maximum Gasteiger partial charge on any atom is 0.259 e. The third-order valence-electron chi connectivity index (χ3n) is 4.06. The standard InChI is InChI=1S/C18H23N7OS/c1-11(14-9-25(18(3,4)5)24-12(14)2)21-15-7-6-13(8-19-15)16(26)22-17-23-20-10-27-17/h6-11H,1-5H3,(H,19,21)(H,22,23,26). The summed E-state index contributed by atoms with van der Waals surface area (Å²) in [6.45, 7) is 10.4. The van der Waals surface area contributed by atoms with Crippen LogP contribution in [-0.2, 0) is 5.54 Å². The fraction of sp³-hybridized carbons (Fsp3) is 0.389. The summed E-state index contributed by atoms with van der Waals surface area (Å²) in [4.78, 5) is 16.5. The van der Waals surface area contributed by atoms with Gasteiger partial charge < -0.3 is 5.32 Å². The molecule has 0 saturated heterocycles. The van der Waals surface area contributed by atoms with Gasteiger partial charge in [0.05, 0.1) is 22.8 Å². The molecule has 1 amide bonds. The van der Waals surface area contributed by atoms with E-state index < -0.39 is 0 Å². The van der Waals surface area contributed by atoms with Crippen LogP contribution in [0.4, 0.5) is 10.9 Å². The van der Waals surface area contributed by atoms with Gasteiger partial charge in [-0.3, -0.25) is 14.8 Å². The van der Waals surface area contributed by atoms with Crippen LogP contribution in [0, 0.1) is 6.92 Å². The number of nitrogens with one attached hydrogen (secondary N) is 2. The van der Waals surface area contributed by atoms with Crippen molar-refractivity contribution >= 4 is 28.2 Å². The highest BCUT2D eigenvalue weighted by Gasteiger charge is 2.19.